The average Bonchev–Trinajstić information content (AvgIpc) is 3.16. The van der Waals surface area contributed by atoms with E-state index in [4.69, 9.17) is 0 Å². The van der Waals surface area contributed by atoms with Crippen LogP contribution in [0, 0.1) is 0 Å². The Morgan fingerprint density at radius 3 is 2.73 bits per heavy atom. The highest BCUT2D eigenvalue weighted by Crippen LogP contribution is 2.17. The summed E-state index contributed by atoms with van der Waals surface area (Å²) >= 11 is 0. The number of pyridine rings is 1. The molecule has 0 spiro atoms. The number of nitrogens with one attached hydrogen (secondary N) is 2. The fraction of sp³-hybridized carbons (Fsp3) is 0.263. The number of aromatic amines is 1. The fourth-order valence-corrected chi connectivity index (χ4v) is 3.23. The van der Waals surface area contributed by atoms with Crippen LogP contribution in [0.4, 0.5) is 0 Å². The summed E-state index contributed by atoms with van der Waals surface area (Å²) in [6, 6.07) is 10.8. The summed E-state index contributed by atoms with van der Waals surface area (Å²) < 4.78 is 0. The molecule has 1 aliphatic heterocycles. The van der Waals surface area contributed by atoms with E-state index in [2.05, 4.69) is 20.3 Å². The lowest BCUT2D eigenvalue weighted by Gasteiger charge is -2.32. The summed E-state index contributed by atoms with van der Waals surface area (Å²) in [5.41, 5.74) is 2.77. The van der Waals surface area contributed by atoms with Gasteiger partial charge in [0, 0.05) is 30.9 Å². The normalized spacial score (nSPS) is 15.2. The molecule has 1 fully saturated rings. The van der Waals surface area contributed by atoms with Crippen molar-refractivity contribution in [3.05, 3.63) is 60.2 Å². The van der Waals surface area contributed by atoms with Crippen LogP contribution in [-0.2, 0) is 0 Å². The van der Waals surface area contributed by atoms with Crippen LogP contribution in [0.5, 0.6) is 0 Å². The largest absolute Gasteiger partial charge is 0.348 e. The van der Waals surface area contributed by atoms with Gasteiger partial charge in [-0.3, -0.25) is 14.6 Å². The third kappa shape index (κ3) is 3.28. The summed E-state index contributed by atoms with van der Waals surface area (Å²) in [5, 5.41) is 3.00. The topological polar surface area (TPSA) is 91.0 Å². The third-order valence-corrected chi connectivity index (χ3v) is 4.68. The SMILES string of the molecule is O=C(NC1CCN(C(=O)c2ccc3nc[nH]c3c2)CC1)c1ccccn1. The Morgan fingerprint density at radius 1 is 1.12 bits per heavy atom. The molecule has 132 valence electrons. The average molecular weight is 349 g/mol. The first-order chi connectivity index (χ1) is 12.7. The first kappa shape index (κ1) is 16.3. The molecule has 0 radical (unpaired) electrons. The van der Waals surface area contributed by atoms with E-state index in [-0.39, 0.29) is 17.9 Å². The first-order valence-corrected chi connectivity index (χ1v) is 8.65. The zero-order chi connectivity index (χ0) is 17.9. The molecule has 1 saturated heterocycles. The quantitative estimate of drug-likeness (QED) is 0.756. The van der Waals surface area contributed by atoms with Gasteiger partial charge in [0.15, 0.2) is 0 Å². The molecule has 1 aliphatic rings. The number of amides is 2. The van der Waals surface area contributed by atoms with Gasteiger partial charge < -0.3 is 15.2 Å². The van der Waals surface area contributed by atoms with E-state index in [9.17, 15) is 9.59 Å². The van der Waals surface area contributed by atoms with E-state index in [1.807, 2.05) is 17.0 Å². The molecular weight excluding hydrogens is 330 g/mol. The number of hydrogen-bond donors (Lipinski definition) is 2. The van der Waals surface area contributed by atoms with Crippen molar-refractivity contribution in [1.82, 2.24) is 25.2 Å². The molecule has 0 atom stereocenters. The number of hydrogen-bond acceptors (Lipinski definition) is 4. The highest BCUT2D eigenvalue weighted by molar-refractivity contribution is 5.97. The van der Waals surface area contributed by atoms with Crippen LogP contribution < -0.4 is 5.32 Å². The van der Waals surface area contributed by atoms with Crippen LogP contribution >= 0.6 is 0 Å². The minimum Gasteiger partial charge on any atom is -0.348 e. The minimum atomic E-state index is -0.167. The van der Waals surface area contributed by atoms with Crippen molar-refractivity contribution in [3.63, 3.8) is 0 Å². The minimum absolute atomic E-state index is 0.0102. The van der Waals surface area contributed by atoms with Crippen molar-refractivity contribution < 1.29 is 9.59 Å². The molecule has 0 aliphatic carbocycles. The van der Waals surface area contributed by atoms with E-state index < -0.39 is 0 Å². The van der Waals surface area contributed by atoms with Crippen LogP contribution in [0.3, 0.4) is 0 Å². The van der Waals surface area contributed by atoms with Crippen molar-refractivity contribution >= 4 is 22.8 Å². The number of carbonyl (C=O) groups is 2. The zero-order valence-electron chi connectivity index (χ0n) is 14.2. The van der Waals surface area contributed by atoms with Crippen LogP contribution in [0.15, 0.2) is 48.9 Å². The molecular formula is C19H19N5O2. The Bertz CT molecular complexity index is 929. The van der Waals surface area contributed by atoms with Gasteiger partial charge in [-0.1, -0.05) is 6.07 Å². The van der Waals surface area contributed by atoms with E-state index >= 15 is 0 Å². The molecule has 7 nitrogen and oxygen atoms in total. The van der Waals surface area contributed by atoms with Crippen LogP contribution in [0.1, 0.15) is 33.7 Å². The summed E-state index contributed by atoms with van der Waals surface area (Å²) in [5.74, 6) is -0.156. The maximum absolute atomic E-state index is 12.7. The molecule has 7 heteroatoms. The highest BCUT2D eigenvalue weighted by Gasteiger charge is 2.25. The molecule has 3 heterocycles. The van der Waals surface area contributed by atoms with Gasteiger partial charge in [-0.15, -0.1) is 0 Å². The Hall–Kier alpha value is -3.22. The number of H-pyrrole nitrogens is 1. The van der Waals surface area contributed by atoms with Gasteiger partial charge >= 0.3 is 0 Å². The number of nitrogens with zero attached hydrogens (tertiary/aromatic N) is 3. The van der Waals surface area contributed by atoms with Gasteiger partial charge in [0.2, 0.25) is 0 Å². The number of likely N-dealkylation sites (tertiary alicyclic amines) is 1. The molecule has 0 saturated carbocycles. The summed E-state index contributed by atoms with van der Waals surface area (Å²) in [4.78, 5) is 38.0. The fourth-order valence-electron chi connectivity index (χ4n) is 3.23. The van der Waals surface area contributed by atoms with Crippen molar-refractivity contribution in [1.29, 1.82) is 0 Å². The predicted molar refractivity (Wildman–Crippen MR) is 96.7 cm³/mol. The second-order valence-electron chi connectivity index (χ2n) is 6.39. The number of piperidine rings is 1. The summed E-state index contributed by atoms with van der Waals surface area (Å²) in [7, 11) is 0. The highest BCUT2D eigenvalue weighted by atomic mass is 16.2. The number of imidazole rings is 1. The van der Waals surface area contributed by atoms with E-state index in [0.29, 0.717) is 24.3 Å². The Morgan fingerprint density at radius 2 is 1.96 bits per heavy atom. The molecule has 2 amide bonds. The smallest absolute Gasteiger partial charge is 0.270 e. The van der Waals surface area contributed by atoms with Gasteiger partial charge in [0.05, 0.1) is 17.4 Å². The predicted octanol–water partition coefficient (Wildman–Crippen LogP) is 1.99. The van der Waals surface area contributed by atoms with Crippen LogP contribution in [0.25, 0.3) is 11.0 Å². The molecule has 4 rings (SSSR count). The number of aromatic nitrogens is 3. The Labute approximate surface area is 150 Å². The first-order valence-electron chi connectivity index (χ1n) is 8.65. The van der Waals surface area contributed by atoms with Gasteiger partial charge in [0.25, 0.3) is 11.8 Å². The Balaban J connectivity index is 1.35. The van der Waals surface area contributed by atoms with Crippen LogP contribution in [-0.4, -0.2) is 50.8 Å². The lowest BCUT2D eigenvalue weighted by molar-refractivity contribution is 0.0698. The molecule has 2 N–H and O–H groups in total. The molecule has 26 heavy (non-hydrogen) atoms. The number of carbonyl (C=O) groups excluding carboxylic acids is 2. The van der Waals surface area contributed by atoms with Gasteiger partial charge in [-0.25, -0.2) is 4.98 Å². The van der Waals surface area contributed by atoms with E-state index in [1.165, 1.54) is 0 Å². The lowest BCUT2D eigenvalue weighted by Crippen LogP contribution is -2.46. The van der Waals surface area contributed by atoms with Crippen molar-refractivity contribution in [2.45, 2.75) is 18.9 Å². The second-order valence-corrected chi connectivity index (χ2v) is 6.39. The standard InChI is InChI=1S/C19H19N5O2/c25-18(16-3-1-2-8-20-16)23-14-6-9-24(10-7-14)19(26)13-4-5-15-17(11-13)22-12-21-15/h1-5,8,11-12,14H,6-7,9-10H2,(H,21,22)(H,23,25). The summed E-state index contributed by atoms with van der Waals surface area (Å²) in [6.45, 7) is 1.24. The van der Waals surface area contributed by atoms with Crippen molar-refractivity contribution in [2.75, 3.05) is 13.1 Å². The molecule has 3 aromatic rings. The Kier molecular flexibility index (Phi) is 4.35. The molecule has 0 bridgehead atoms. The number of benzene rings is 1. The van der Waals surface area contributed by atoms with E-state index in [1.54, 1.807) is 36.8 Å². The molecule has 2 aromatic heterocycles. The lowest BCUT2D eigenvalue weighted by atomic mass is 10.0. The van der Waals surface area contributed by atoms with Crippen molar-refractivity contribution in [2.24, 2.45) is 0 Å². The van der Waals surface area contributed by atoms with Crippen molar-refractivity contribution in [3.8, 4) is 0 Å². The van der Waals surface area contributed by atoms with Gasteiger partial charge in [-0.05, 0) is 43.2 Å². The maximum atomic E-state index is 12.7. The summed E-state index contributed by atoms with van der Waals surface area (Å²) in [6.07, 6.45) is 4.69. The maximum Gasteiger partial charge on any atom is 0.270 e. The molecule has 1 aromatic carbocycles. The van der Waals surface area contributed by atoms with Gasteiger partial charge in [0.1, 0.15) is 5.69 Å². The monoisotopic (exact) mass is 349 g/mol. The second kappa shape index (κ2) is 6.95. The molecule has 0 unspecified atom stereocenters. The van der Waals surface area contributed by atoms with Gasteiger partial charge in [-0.2, -0.15) is 0 Å². The zero-order valence-corrected chi connectivity index (χ0v) is 14.2. The van der Waals surface area contributed by atoms with Crippen LogP contribution in [0.2, 0.25) is 0 Å². The third-order valence-electron chi connectivity index (χ3n) is 4.68. The number of rotatable bonds is 3. The van der Waals surface area contributed by atoms with E-state index in [0.717, 1.165) is 23.9 Å². The number of fused-ring (bicyclic) bond motifs is 1.